The van der Waals surface area contributed by atoms with Crippen LogP contribution in [0.1, 0.15) is 48.8 Å². The number of nitrogens with one attached hydrogen (secondary N) is 1. The Balaban J connectivity index is 1.69. The lowest BCUT2D eigenvalue weighted by Crippen LogP contribution is -2.53. The SMILES string of the molecule is O=C(NC1CCCCC1)C(Cc1ccccc1)N(Cc1ccccc1F)C(=O)Cc1c(Cl)cccc1Cl. The minimum atomic E-state index is -0.835. The minimum Gasteiger partial charge on any atom is -0.352 e. The largest absolute Gasteiger partial charge is 0.352 e. The topological polar surface area (TPSA) is 49.4 Å². The van der Waals surface area contributed by atoms with Crippen molar-refractivity contribution < 1.29 is 14.0 Å². The molecule has 2 amide bonds. The van der Waals surface area contributed by atoms with Crippen LogP contribution in [0.25, 0.3) is 0 Å². The van der Waals surface area contributed by atoms with Crippen LogP contribution in [0.15, 0.2) is 72.8 Å². The number of amides is 2. The first-order chi connectivity index (χ1) is 17.9. The standard InChI is InChI=1S/C30H31Cl2FN2O2/c31-25-15-9-16-26(32)24(25)19-29(36)35(20-22-12-7-8-17-27(22)33)28(18-21-10-3-1-4-11-21)30(37)34-23-13-5-2-6-14-23/h1,3-4,7-12,15-17,23,28H,2,5-6,13-14,18-20H2,(H,34,37). The van der Waals surface area contributed by atoms with Gasteiger partial charge in [-0.2, -0.15) is 0 Å². The molecule has 1 aliphatic rings. The first-order valence-electron chi connectivity index (χ1n) is 12.7. The lowest BCUT2D eigenvalue weighted by atomic mass is 9.94. The maximum atomic E-state index is 14.8. The van der Waals surface area contributed by atoms with Gasteiger partial charge in [0.25, 0.3) is 0 Å². The summed E-state index contributed by atoms with van der Waals surface area (Å²) in [7, 11) is 0. The number of benzene rings is 3. The molecular weight excluding hydrogens is 510 g/mol. The maximum absolute atomic E-state index is 14.8. The monoisotopic (exact) mass is 540 g/mol. The summed E-state index contributed by atoms with van der Waals surface area (Å²) >= 11 is 12.7. The number of halogens is 3. The molecule has 1 atom stereocenters. The number of rotatable bonds is 9. The molecule has 0 heterocycles. The predicted octanol–water partition coefficient (Wildman–Crippen LogP) is 6.76. The van der Waals surface area contributed by atoms with Crippen molar-refractivity contribution in [2.75, 3.05) is 0 Å². The van der Waals surface area contributed by atoms with Crippen molar-refractivity contribution in [3.63, 3.8) is 0 Å². The third kappa shape index (κ3) is 7.33. The lowest BCUT2D eigenvalue weighted by molar-refractivity contribution is -0.141. The molecule has 0 aromatic heterocycles. The molecule has 194 valence electrons. The number of hydrogen-bond acceptors (Lipinski definition) is 2. The van der Waals surface area contributed by atoms with Crippen LogP contribution in [-0.2, 0) is 29.0 Å². The summed E-state index contributed by atoms with van der Waals surface area (Å²) in [6.45, 7) is -0.0524. The van der Waals surface area contributed by atoms with Crippen molar-refractivity contribution in [1.82, 2.24) is 10.2 Å². The third-order valence-corrected chi connectivity index (χ3v) is 7.62. The Hall–Kier alpha value is -2.89. The average Bonchev–Trinajstić information content (AvgIpc) is 2.90. The van der Waals surface area contributed by atoms with Crippen molar-refractivity contribution in [1.29, 1.82) is 0 Å². The Kier molecular flexibility index (Phi) is 9.59. The zero-order chi connectivity index (χ0) is 26.2. The maximum Gasteiger partial charge on any atom is 0.243 e. The number of hydrogen-bond donors (Lipinski definition) is 1. The second-order valence-electron chi connectivity index (χ2n) is 9.54. The van der Waals surface area contributed by atoms with Crippen molar-refractivity contribution in [2.24, 2.45) is 0 Å². The predicted molar refractivity (Wildman–Crippen MR) is 146 cm³/mol. The second-order valence-corrected chi connectivity index (χ2v) is 10.4. The van der Waals surface area contributed by atoms with E-state index in [1.807, 2.05) is 30.3 Å². The molecule has 4 nitrogen and oxygen atoms in total. The molecule has 4 rings (SSSR count). The van der Waals surface area contributed by atoms with Gasteiger partial charge in [0.05, 0.1) is 6.42 Å². The van der Waals surface area contributed by atoms with Crippen LogP contribution in [0, 0.1) is 5.82 Å². The van der Waals surface area contributed by atoms with E-state index in [9.17, 15) is 14.0 Å². The van der Waals surface area contributed by atoms with Crippen LogP contribution in [-0.4, -0.2) is 28.8 Å². The van der Waals surface area contributed by atoms with Crippen molar-refractivity contribution in [3.8, 4) is 0 Å². The van der Waals surface area contributed by atoms with Crippen LogP contribution < -0.4 is 5.32 Å². The third-order valence-electron chi connectivity index (χ3n) is 6.91. The van der Waals surface area contributed by atoms with Gasteiger partial charge >= 0.3 is 0 Å². The highest BCUT2D eigenvalue weighted by Gasteiger charge is 2.33. The number of nitrogens with zero attached hydrogens (tertiary/aromatic N) is 1. The van der Waals surface area contributed by atoms with E-state index < -0.39 is 11.9 Å². The van der Waals surface area contributed by atoms with Gasteiger partial charge in [-0.25, -0.2) is 4.39 Å². The second kappa shape index (κ2) is 13.1. The van der Waals surface area contributed by atoms with E-state index in [2.05, 4.69) is 5.32 Å². The summed E-state index contributed by atoms with van der Waals surface area (Å²) in [5.74, 6) is -1.01. The van der Waals surface area contributed by atoms with Crippen LogP contribution in [0.4, 0.5) is 4.39 Å². The molecule has 1 unspecified atom stereocenters. The molecule has 3 aromatic rings. The Morgan fingerprint density at radius 3 is 2.22 bits per heavy atom. The van der Waals surface area contributed by atoms with Crippen LogP contribution in [0.5, 0.6) is 0 Å². The van der Waals surface area contributed by atoms with E-state index in [0.717, 1.165) is 37.7 Å². The lowest BCUT2D eigenvalue weighted by Gasteiger charge is -2.33. The molecule has 0 radical (unpaired) electrons. The quantitative estimate of drug-likeness (QED) is 0.325. The van der Waals surface area contributed by atoms with Gasteiger partial charge in [-0.1, -0.05) is 97.1 Å². The van der Waals surface area contributed by atoms with Crippen molar-refractivity contribution in [2.45, 2.75) is 63.6 Å². The summed E-state index contributed by atoms with van der Waals surface area (Å²) in [5.41, 5.74) is 1.73. The van der Waals surface area contributed by atoms with Gasteiger partial charge in [0.2, 0.25) is 11.8 Å². The van der Waals surface area contributed by atoms with Crippen LogP contribution in [0.3, 0.4) is 0 Å². The molecule has 1 fully saturated rings. The fraction of sp³-hybridized carbons (Fsp3) is 0.333. The molecule has 1 N–H and O–H groups in total. The molecule has 0 saturated heterocycles. The van der Waals surface area contributed by atoms with Gasteiger partial charge in [0, 0.05) is 34.6 Å². The molecular formula is C30H31Cl2FN2O2. The molecule has 0 bridgehead atoms. The number of carbonyl (C=O) groups is 2. The Morgan fingerprint density at radius 2 is 1.54 bits per heavy atom. The fourth-order valence-corrected chi connectivity index (χ4v) is 5.39. The molecule has 1 saturated carbocycles. The summed E-state index contributed by atoms with van der Waals surface area (Å²) in [5, 5.41) is 3.93. The first kappa shape index (κ1) is 27.2. The van der Waals surface area contributed by atoms with Gasteiger partial charge in [-0.15, -0.1) is 0 Å². The summed E-state index contributed by atoms with van der Waals surface area (Å²) in [4.78, 5) is 29.1. The summed E-state index contributed by atoms with van der Waals surface area (Å²) in [6, 6.07) is 20.2. The molecule has 3 aromatic carbocycles. The number of carbonyl (C=O) groups excluding carboxylic acids is 2. The van der Waals surface area contributed by atoms with E-state index in [4.69, 9.17) is 23.2 Å². The molecule has 37 heavy (non-hydrogen) atoms. The Bertz CT molecular complexity index is 1190. The van der Waals surface area contributed by atoms with Crippen molar-refractivity contribution in [3.05, 3.63) is 105 Å². The summed E-state index contributed by atoms with van der Waals surface area (Å²) < 4.78 is 14.8. The van der Waals surface area contributed by atoms with Gasteiger partial charge < -0.3 is 10.2 Å². The molecule has 7 heteroatoms. The molecule has 0 aliphatic heterocycles. The Morgan fingerprint density at radius 1 is 0.892 bits per heavy atom. The van der Waals surface area contributed by atoms with Crippen LogP contribution in [0.2, 0.25) is 10.0 Å². The highest BCUT2D eigenvalue weighted by molar-refractivity contribution is 6.36. The van der Waals surface area contributed by atoms with E-state index in [1.54, 1.807) is 36.4 Å². The van der Waals surface area contributed by atoms with Crippen molar-refractivity contribution >= 4 is 35.0 Å². The van der Waals surface area contributed by atoms with Gasteiger partial charge in [0.1, 0.15) is 11.9 Å². The highest BCUT2D eigenvalue weighted by atomic mass is 35.5. The normalized spacial score (nSPS) is 14.7. The smallest absolute Gasteiger partial charge is 0.243 e. The van der Waals surface area contributed by atoms with E-state index in [1.165, 1.54) is 11.0 Å². The summed E-state index contributed by atoms with van der Waals surface area (Å²) in [6.07, 6.45) is 5.33. The Labute approximate surface area is 227 Å². The van der Waals surface area contributed by atoms with E-state index in [0.29, 0.717) is 27.6 Å². The molecule has 1 aliphatic carbocycles. The molecule has 0 spiro atoms. The first-order valence-corrected chi connectivity index (χ1v) is 13.5. The minimum absolute atomic E-state index is 0.0524. The van der Waals surface area contributed by atoms with E-state index >= 15 is 0 Å². The van der Waals surface area contributed by atoms with Crippen LogP contribution >= 0.6 is 23.2 Å². The van der Waals surface area contributed by atoms with Gasteiger partial charge in [0.15, 0.2) is 0 Å². The zero-order valence-corrected chi connectivity index (χ0v) is 22.1. The zero-order valence-electron chi connectivity index (χ0n) is 20.6. The highest BCUT2D eigenvalue weighted by Crippen LogP contribution is 2.27. The van der Waals surface area contributed by atoms with Gasteiger partial charge in [-0.05, 0) is 42.2 Å². The average molecular weight is 541 g/mol. The fourth-order valence-electron chi connectivity index (χ4n) is 4.86. The van der Waals surface area contributed by atoms with E-state index in [-0.39, 0.29) is 30.8 Å². The van der Waals surface area contributed by atoms with Gasteiger partial charge in [-0.3, -0.25) is 9.59 Å².